The first kappa shape index (κ1) is 20.5. The first-order valence-electron chi connectivity index (χ1n) is 10.7. The van der Waals surface area contributed by atoms with E-state index in [-0.39, 0.29) is 12.4 Å². The third kappa shape index (κ3) is 4.86. The van der Waals surface area contributed by atoms with Crippen LogP contribution in [0, 0.1) is 5.82 Å². The van der Waals surface area contributed by atoms with Gasteiger partial charge in [-0.3, -0.25) is 9.80 Å². The molecule has 0 amide bonds. The molecule has 4 rings (SSSR count). The second kappa shape index (κ2) is 9.34. The lowest BCUT2D eigenvalue weighted by Gasteiger charge is -2.47. The van der Waals surface area contributed by atoms with Gasteiger partial charge in [-0.2, -0.15) is 5.10 Å². The first-order valence-corrected chi connectivity index (χ1v) is 10.7. The molecule has 0 radical (unpaired) electrons. The lowest BCUT2D eigenvalue weighted by molar-refractivity contribution is 0.00599. The lowest BCUT2D eigenvalue weighted by Crippen LogP contribution is -2.58. The largest absolute Gasteiger partial charge is 0.396 e. The number of hydrogen-bond donors (Lipinski definition) is 1. The number of aliphatic hydroxyl groups is 1. The van der Waals surface area contributed by atoms with Crippen molar-refractivity contribution in [3.05, 3.63) is 48.0 Å². The second-order valence-corrected chi connectivity index (χ2v) is 8.42. The second-order valence-electron chi connectivity index (χ2n) is 8.42. The fourth-order valence-corrected chi connectivity index (χ4v) is 4.76. The molecular formula is C22H32FN5O. The van der Waals surface area contributed by atoms with Gasteiger partial charge in [-0.15, -0.1) is 0 Å². The van der Waals surface area contributed by atoms with Gasteiger partial charge in [-0.1, -0.05) is 12.1 Å². The van der Waals surface area contributed by atoms with Gasteiger partial charge < -0.3 is 10.0 Å². The quantitative estimate of drug-likeness (QED) is 0.802. The van der Waals surface area contributed by atoms with E-state index < -0.39 is 0 Å². The number of piperidine rings is 1. The summed E-state index contributed by atoms with van der Waals surface area (Å²) in [4.78, 5) is 7.48. The van der Waals surface area contributed by atoms with Gasteiger partial charge in [0.15, 0.2) is 0 Å². The molecule has 0 aliphatic carbocycles. The molecule has 1 aromatic carbocycles. The summed E-state index contributed by atoms with van der Waals surface area (Å²) in [6.45, 7) is 6.36. The van der Waals surface area contributed by atoms with Crippen molar-refractivity contribution in [2.45, 2.75) is 37.9 Å². The van der Waals surface area contributed by atoms with Gasteiger partial charge in [0.05, 0.1) is 6.20 Å². The maximum atomic E-state index is 14.0. The molecule has 3 heterocycles. The third-order valence-electron chi connectivity index (χ3n) is 6.37. The van der Waals surface area contributed by atoms with Crippen molar-refractivity contribution in [3.63, 3.8) is 0 Å². The summed E-state index contributed by atoms with van der Waals surface area (Å²) in [5, 5.41) is 14.0. The maximum Gasteiger partial charge on any atom is 0.148 e. The maximum absolute atomic E-state index is 14.0. The molecule has 0 saturated carbocycles. The molecule has 6 nitrogen and oxygen atoms in total. The zero-order chi connectivity index (χ0) is 20.2. The SMILES string of the molecule is CN1CCC(N2CCN(Cc3cnn(-c4ccccc4F)c3)C[C@@H]2CCO)CC1. The summed E-state index contributed by atoms with van der Waals surface area (Å²) in [7, 11) is 2.20. The fourth-order valence-electron chi connectivity index (χ4n) is 4.76. The van der Waals surface area contributed by atoms with Crippen LogP contribution in [-0.2, 0) is 6.54 Å². The molecule has 158 valence electrons. The van der Waals surface area contributed by atoms with Crippen LogP contribution in [0.1, 0.15) is 24.8 Å². The molecule has 0 unspecified atom stereocenters. The van der Waals surface area contributed by atoms with Crippen LogP contribution in [-0.4, -0.2) is 88.0 Å². The topological polar surface area (TPSA) is 47.8 Å². The molecule has 1 aromatic heterocycles. The van der Waals surface area contributed by atoms with E-state index in [1.54, 1.807) is 16.8 Å². The number of aliphatic hydroxyl groups excluding tert-OH is 1. The average Bonchev–Trinajstić information content (AvgIpc) is 3.18. The molecule has 7 heteroatoms. The van der Waals surface area contributed by atoms with Crippen LogP contribution >= 0.6 is 0 Å². The van der Waals surface area contributed by atoms with Crippen molar-refractivity contribution < 1.29 is 9.50 Å². The Balaban J connectivity index is 1.39. The van der Waals surface area contributed by atoms with Crippen LogP contribution in [0.5, 0.6) is 0 Å². The summed E-state index contributed by atoms with van der Waals surface area (Å²) in [5.74, 6) is -0.267. The van der Waals surface area contributed by atoms with Crippen LogP contribution in [0.3, 0.4) is 0 Å². The molecular weight excluding hydrogens is 369 g/mol. The molecule has 2 fully saturated rings. The Kier molecular flexibility index (Phi) is 6.60. The highest BCUT2D eigenvalue weighted by molar-refractivity contribution is 5.32. The highest BCUT2D eigenvalue weighted by Gasteiger charge is 2.33. The highest BCUT2D eigenvalue weighted by atomic mass is 19.1. The lowest BCUT2D eigenvalue weighted by atomic mass is 9.98. The average molecular weight is 402 g/mol. The van der Waals surface area contributed by atoms with Gasteiger partial charge in [0.25, 0.3) is 0 Å². The monoisotopic (exact) mass is 401 g/mol. The van der Waals surface area contributed by atoms with E-state index in [4.69, 9.17) is 0 Å². The number of halogens is 1. The van der Waals surface area contributed by atoms with Crippen molar-refractivity contribution in [1.82, 2.24) is 24.5 Å². The van der Waals surface area contributed by atoms with E-state index in [9.17, 15) is 9.50 Å². The summed E-state index contributed by atoms with van der Waals surface area (Å²) < 4.78 is 15.6. The Morgan fingerprint density at radius 2 is 1.93 bits per heavy atom. The molecule has 1 N–H and O–H groups in total. The van der Waals surface area contributed by atoms with Crippen molar-refractivity contribution in [2.24, 2.45) is 0 Å². The molecule has 2 aliphatic rings. The predicted molar refractivity (Wildman–Crippen MR) is 112 cm³/mol. The first-order chi connectivity index (χ1) is 14.1. The number of hydrogen-bond acceptors (Lipinski definition) is 5. The zero-order valence-electron chi connectivity index (χ0n) is 17.3. The molecule has 29 heavy (non-hydrogen) atoms. The number of likely N-dealkylation sites (tertiary alicyclic amines) is 1. The van der Waals surface area contributed by atoms with Gasteiger partial charge in [-0.25, -0.2) is 9.07 Å². The van der Waals surface area contributed by atoms with Gasteiger partial charge >= 0.3 is 0 Å². The standard InChI is InChI=1S/C22H32FN5O/c1-25-9-6-19(7-10-25)27-12-11-26(17-20(27)8-13-29)15-18-14-24-28(16-18)22-5-3-2-4-21(22)23/h2-5,14,16,19-20,29H,6-13,15,17H2,1H3/t20-/m0/s1. The molecule has 2 aromatic rings. The zero-order valence-corrected chi connectivity index (χ0v) is 17.3. The normalized spacial score (nSPS) is 22.9. The van der Waals surface area contributed by atoms with E-state index >= 15 is 0 Å². The Morgan fingerprint density at radius 3 is 2.69 bits per heavy atom. The number of nitrogens with zero attached hydrogens (tertiary/aromatic N) is 5. The van der Waals surface area contributed by atoms with E-state index in [1.807, 2.05) is 18.5 Å². The van der Waals surface area contributed by atoms with Crippen LogP contribution in [0.2, 0.25) is 0 Å². The third-order valence-corrected chi connectivity index (χ3v) is 6.37. The van der Waals surface area contributed by atoms with E-state index in [1.165, 1.54) is 18.9 Å². The van der Waals surface area contributed by atoms with Gasteiger partial charge in [0, 0.05) is 56.6 Å². The highest BCUT2D eigenvalue weighted by Crippen LogP contribution is 2.24. The summed E-state index contributed by atoms with van der Waals surface area (Å²) in [6, 6.07) is 7.73. The predicted octanol–water partition coefficient (Wildman–Crippen LogP) is 1.97. The molecule has 1 atom stereocenters. The number of aromatic nitrogens is 2. The van der Waals surface area contributed by atoms with Crippen molar-refractivity contribution in [2.75, 3.05) is 46.4 Å². The smallest absolute Gasteiger partial charge is 0.148 e. The number of piperazine rings is 1. The number of para-hydroxylation sites is 1. The Morgan fingerprint density at radius 1 is 1.14 bits per heavy atom. The minimum absolute atomic E-state index is 0.229. The molecule has 2 aliphatic heterocycles. The van der Waals surface area contributed by atoms with Gasteiger partial charge in [0.1, 0.15) is 11.5 Å². The number of rotatable bonds is 6. The Hall–Kier alpha value is -1.80. The number of benzene rings is 1. The van der Waals surface area contributed by atoms with E-state index in [0.717, 1.165) is 51.3 Å². The minimum Gasteiger partial charge on any atom is -0.396 e. The van der Waals surface area contributed by atoms with E-state index in [0.29, 0.717) is 17.8 Å². The summed E-state index contributed by atoms with van der Waals surface area (Å²) in [5.41, 5.74) is 1.56. The molecule has 2 saturated heterocycles. The van der Waals surface area contributed by atoms with Crippen molar-refractivity contribution in [1.29, 1.82) is 0 Å². The van der Waals surface area contributed by atoms with Crippen molar-refractivity contribution >= 4 is 0 Å². The summed E-state index contributed by atoms with van der Waals surface area (Å²) >= 11 is 0. The van der Waals surface area contributed by atoms with Gasteiger partial charge in [0.2, 0.25) is 0 Å². The van der Waals surface area contributed by atoms with Crippen LogP contribution in [0.4, 0.5) is 4.39 Å². The van der Waals surface area contributed by atoms with Crippen LogP contribution in [0.15, 0.2) is 36.7 Å². The van der Waals surface area contributed by atoms with E-state index in [2.05, 4.69) is 26.8 Å². The van der Waals surface area contributed by atoms with Crippen LogP contribution in [0.25, 0.3) is 5.69 Å². The Labute approximate surface area is 172 Å². The Bertz CT molecular complexity index is 789. The molecule has 0 bridgehead atoms. The van der Waals surface area contributed by atoms with Crippen LogP contribution < -0.4 is 0 Å². The fraction of sp³-hybridized carbons (Fsp3) is 0.591. The van der Waals surface area contributed by atoms with Crippen molar-refractivity contribution in [3.8, 4) is 5.69 Å². The summed E-state index contributed by atoms with van der Waals surface area (Å²) in [6.07, 6.45) is 7.00. The molecule has 0 spiro atoms. The van der Waals surface area contributed by atoms with Gasteiger partial charge in [-0.05, 0) is 51.5 Å². The minimum atomic E-state index is -0.267.